The maximum atomic E-state index is 11.2. The second kappa shape index (κ2) is 6.00. The molecule has 0 spiro atoms. The van der Waals surface area contributed by atoms with Gasteiger partial charge in [0.05, 0.1) is 17.4 Å². The van der Waals surface area contributed by atoms with Crippen LogP contribution in [0.2, 0.25) is 0 Å². The minimum Gasteiger partial charge on any atom is -0.481 e. The summed E-state index contributed by atoms with van der Waals surface area (Å²) in [5.74, 6) is -0.933. The van der Waals surface area contributed by atoms with E-state index in [2.05, 4.69) is 5.32 Å². The Balaban J connectivity index is 4.11. The average Bonchev–Trinajstić information content (AvgIpc) is 2.15. The van der Waals surface area contributed by atoms with Crippen LogP contribution in [0.15, 0.2) is 0 Å². The maximum Gasteiger partial charge on any atom is 0.309 e. The standard InChI is InChI=1S/C12H23NO4/c1-11(2,10(15)16)6-7-17-12(3,4)8-9(14)13-5/h6-8H2,1-5H3,(H,13,14)(H,15,16). The molecular weight excluding hydrogens is 222 g/mol. The van der Waals surface area contributed by atoms with E-state index >= 15 is 0 Å². The molecule has 1 amide bonds. The number of carbonyl (C=O) groups excluding carboxylic acids is 1. The summed E-state index contributed by atoms with van der Waals surface area (Å²) >= 11 is 0. The predicted octanol–water partition coefficient (Wildman–Crippen LogP) is 1.42. The molecule has 5 nitrogen and oxygen atoms in total. The van der Waals surface area contributed by atoms with Crippen LogP contribution in [0.1, 0.15) is 40.5 Å². The van der Waals surface area contributed by atoms with Gasteiger partial charge in [-0.2, -0.15) is 0 Å². The summed E-state index contributed by atoms with van der Waals surface area (Å²) in [6, 6.07) is 0. The Morgan fingerprint density at radius 3 is 2.18 bits per heavy atom. The molecule has 0 aromatic carbocycles. The highest BCUT2D eigenvalue weighted by Crippen LogP contribution is 2.22. The molecule has 0 radical (unpaired) electrons. The third-order valence-corrected chi connectivity index (χ3v) is 2.66. The van der Waals surface area contributed by atoms with Crippen LogP contribution in [0, 0.1) is 5.41 Å². The van der Waals surface area contributed by atoms with Crippen molar-refractivity contribution in [3.63, 3.8) is 0 Å². The summed E-state index contributed by atoms with van der Waals surface area (Å²) in [5, 5.41) is 11.5. The first-order chi connectivity index (χ1) is 7.60. The van der Waals surface area contributed by atoms with Crippen molar-refractivity contribution in [3.8, 4) is 0 Å². The Bertz CT molecular complexity index is 284. The second-order valence-electron chi connectivity index (χ2n) is 5.40. The molecule has 0 aliphatic rings. The maximum absolute atomic E-state index is 11.2. The molecule has 0 aliphatic carbocycles. The number of carbonyl (C=O) groups is 2. The Kier molecular flexibility index (Phi) is 5.61. The Hall–Kier alpha value is -1.10. The molecule has 0 saturated carbocycles. The molecule has 17 heavy (non-hydrogen) atoms. The summed E-state index contributed by atoms with van der Waals surface area (Å²) in [5.41, 5.74) is -1.38. The highest BCUT2D eigenvalue weighted by atomic mass is 16.5. The lowest BCUT2D eigenvalue weighted by molar-refractivity contribution is -0.149. The highest BCUT2D eigenvalue weighted by molar-refractivity contribution is 5.76. The van der Waals surface area contributed by atoms with Crippen molar-refractivity contribution in [1.82, 2.24) is 5.32 Å². The number of amides is 1. The minimum atomic E-state index is -0.842. The van der Waals surface area contributed by atoms with Crippen molar-refractivity contribution in [2.24, 2.45) is 5.41 Å². The van der Waals surface area contributed by atoms with Crippen molar-refractivity contribution >= 4 is 11.9 Å². The molecule has 0 aromatic heterocycles. The lowest BCUT2D eigenvalue weighted by Gasteiger charge is -2.27. The second-order valence-corrected chi connectivity index (χ2v) is 5.40. The zero-order chi connectivity index (χ0) is 13.7. The number of carboxylic acids is 1. The Morgan fingerprint density at radius 1 is 1.24 bits per heavy atom. The van der Waals surface area contributed by atoms with Crippen LogP contribution in [0.5, 0.6) is 0 Å². The van der Waals surface area contributed by atoms with Gasteiger partial charge < -0.3 is 15.2 Å². The molecule has 0 fully saturated rings. The van der Waals surface area contributed by atoms with Gasteiger partial charge in [-0.1, -0.05) is 0 Å². The van der Waals surface area contributed by atoms with Gasteiger partial charge >= 0.3 is 5.97 Å². The number of nitrogens with one attached hydrogen (secondary N) is 1. The average molecular weight is 245 g/mol. The van der Waals surface area contributed by atoms with Crippen molar-refractivity contribution in [3.05, 3.63) is 0 Å². The summed E-state index contributed by atoms with van der Waals surface area (Å²) in [6.45, 7) is 7.27. The van der Waals surface area contributed by atoms with Crippen LogP contribution in [0.4, 0.5) is 0 Å². The quantitative estimate of drug-likeness (QED) is 0.711. The molecule has 0 saturated heterocycles. The normalized spacial score (nSPS) is 12.3. The van der Waals surface area contributed by atoms with Gasteiger partial charge in [0.15, 0.2) is 0 Å². The zero-order valence-electron chi connectivity index (χ0n) is 11.3. The first-order valence-electron chi connectivity index (χ1n) is 5.69. The number of hydrogen-bond donors (Lipinski definition) is 2. The summed E-state index contributed by atoms with van der Waals surface area (Å²) in [6.07, 6.45) is 0.677. The van der Waals surface area contributed by atoms with E-state index in [0.717, 1.165) is 0 Å². The van der Waals surface area contributed by atoms with E-state index in [4.69, 9.17) is 9.84 Å². The van der Waals surface area contributed by atoms with Crippen LogP contribution in [0.25, 0.3) is 0 Å². The fourth-order valence-electron chi connectivity index (χ4n) is 1.22. The van der Waals surface area contributed by atoms with E-state index in [-0.39, 0.29) is 12.3 Å². The van der Waals surface area contributed by atoms with Crippen molar-refractivity contribution < 1.29 is 19.4 Å². The first kappa shape index (κ1) is 15.9. The van der Waals surface area contributed by atoms with E-state index in [9.17, 15) is 9.59 Å². The van der Waals surface area contributed by atoms with E-state index in [1.54, 1.807) is 20.9 Å². The van der Waals surface area contributed by atoms with Gasteiger partial charge in [-0.05, 0) is 34.1 Å². The summed E-state index contributed by atoms with van der Waals surface area (Å²) < 4.78 is 5.56. The van der Waals surface area contributed by atoms with Gasteiger partial charge in [-0.15, -0.1) is 0 Å². The van der Waals surface area contributed by atoms with Gasteiger partial charge in [0.2, 0.25) is 5.91 Å². The van der Waals surface area contributed by atoms with Crippen LogP contribution < -0.4 is 5.32 Å². The molecule has 0 atom stereocenters. The Morgan fingerprint density at radius 2 is 1.76 bits per heavy atom. The van der Waals surface area contributed by atoms with Gasteiger partial charge in [0, 0.05) is 13.7 Å². The molecule has 2 N–H and O–H groups in total. The lowest BCUT2D eigenvalue weighted by atomic mass is 9.90. The number of aliphatic carboxylic acids is 1. The molecule has 0 aromatic rings. The minimum absolute atomic E-state index is 0.0903. The van der Waals surface area contributed by atoms with Crippen molar-refractivity contribution in [2.45, 2.75) is 46.1 Å². The largest absolute Gasteiger partial charge is 0.481 e. The van der Waals surface area contributed by atoms with Gasteiger partial charge in [-0.25, -0.2) is 0 Å². The fraction of sp³-hybridized carbons (Fsp3) is 0.833. The summed E-state index contributed by atoms with van der Waals surface area (Å²) in [7, 11) is 1.58. The molecular formula is C12H23NO4. The van der Waals surface area contributed by atoms with Crippen LogP contribution in [-0.2, 0) is 14.3 Å². The molecule has 0 rings (SSSR count). The van der Waals surface area contributed by atoms with Crippen molar-refractivity contribution in [2.75, 3.05) is 13.7 Å². The molecule has 0 aliphatic heterocycles. The SMILES string of the molecule is CNC(=O)CC(C)(C)OCCC(C)(C)C(=O)O. The smallest absolute Gasteiger partial charge is 0.309 e. The van der Waals surface area contributed by atoms with E-state index in [1.165, 1.54) is 0 Å². The van der Waals surface area contributed by atoms with Crippen LogP contribution in [-0.4, -0.2) is 36.2 Å². The molecule has 0 unspecified atom stereocenters. The van der Waals surface area contributed by atoms with E-state index in [0.29, 0.717) is 13.0 Å². The lowest BCUT2D eigenvalue weighted by Crippen LogP contribution is -2.34. The molecule has 0 heterocycles. The number of hydrogen-bond acceptors (Lipinski definition) is 3. The topological polar surface area (TPSA) is 75.6 Å². The zero-order valence-corrected chi connectivity index (χ0v) is 11.3. The third-order valence-electron chi connectivity index (χ3n) is 2.66. The molecule has 0 bridgehead atoms. The third kappa shape index (κ3) is 6.26. The van der Waals surface area contributed by atoms with Gasteiger partial charge in [0.25, 0.3) is 0 Å². The predicted molar refractivity (Wildman–Crippen MR) is 64.7 cm³/mol. The van der Waals surface area contributed by atoms with E-state index in [1.807, 2.05) is 13.8 Å². The van der Waals surface area contributed by atoms with Gasteiger partial charge in [0.1, 0.15) is 0 Å². The van der Waals surface area contributed by atoms with Crippen LogP contribution >= 0.6 is 0 Å². The molecule has 5 heteroatoms. The Labute approximate surface area is 103 Å². The van der Waals surface area contributed by atoms with Crippen LogP contribution in [0.3, 0.4) is 0 Å². The highest BCUT2D eigenvalue weighted by Gasteiger charge is 2.29. The monoisotopic (exact) mass is 245 g/mol. The number of carboxylic acid groups (broad SMARTS) is 1. The number of rotatable bonds is 7. The first-order valence-corrected chi connectivity index (χ1v) is 5.69. The summed E-state index contributed by atoms with van der Waals surface area (Å²) in [4.78, 5) is 22.1. The molecule has 100 valence electrons. The number of ether oxygens (including phenoxy) is 1. The van der Waals surface area contributed by atoms with Gasteiger partial charge in [-0.3, -0.25) is 9.59 Å². The van der Waals surface area contributed by atoms with Crippen molar-refractivity contribution in [1.29, 1.82) is 0 Å². The van der Waals surface area contributed by atoms with E-state index < -0.39 is 17.0 Å². The fourth-order valence-corrected chi connectivity index (χ4v) is 1.22.